The average molecular weight is 293 g/mol. The Morgan fingerprint density at radius 2 is 1.89 bits per heavy atom. The van der Waals surface area contributed by atoms with E-state index in [4.69, 9.17) is 10.7 Å². The topological polar surface area (TPSA) is 68.2 Å². The van der Waals surface area contributed by atoms with Crippen LogP contribution in [-0.4, -0.2) is 24.9 Å². The molecule has 0 fully saturated rings. The smallest absolute Gasteiger partial charge is 0.268 e. The highest BCUT2D eigenvalue weighted by Crippen LogP contribution is 2.21. The second kappa shape index (κ2) is 5.32. The molecule has 0 unspecified atom stereocenters. The molecule has 5 nitrogen and oxygen atoms in total. The maximum absolute atomic E-state index is 12.0. The minimum absolute atomic E-state index is 0.0240. The molecule has 1 aromatic heterocycles. The fourth-order valence-electron chi connectivity index (χ4n) is 1.53. The molecule has 1 N–H and O–H groups in total. The number of nitrogens with one attached hydrogen (secondary N) is 1. The molecule has 0 radical (unpaired) electrons. The average Bonchev–Trinajstić information content (AvgIpc) is 2.59. The molecule has 0 saturated heterocycles. The van der Waals surface area contributed by atoms with Crippen LogP contribution in [0.3, 0.4) is 0 Å². The predicted molar refractivity (Wildman–Crippen MR) is 70.5 cm³/mol. The molecule has 0 aliphatic carbocycles. The third-order valence-corrected chi connectivity index (χ3v) is 3.63. The third-order valence-electron chi connectivity index (χ3n) is 2.31. The summed E-state index contributed by atoms with van der Waals surface area (Å²) in [7, 11) is 1.46. The summed E-state index contributed by atoms with van der Waals surface area (Å²) in [5, 5.41) is 2.72. The summed E-state index contributed by atoms with van der Waals surface area (Å²) in [6.07, 6.45) is 1.38. The maximum atomic E-state index is 12.0. The van der Waals surface area contributed by atoms with E-state index in [1.54, 1.807) is 4.57 Å². The Labute approximate surface area is 112 Å². The molecule has 0 spiro atoms. The van der Waals surface area contributed by atoms with Gasteiger partial charge in [0.15, 0.2) is 0 Å². The van der Waals surface area contributed by atoms with Crippen LogP contribution in [0.25, 0.3) is 0 Å². The van der Waals surface area contributed by atoms with Crippen molar-refractivity contribution >= 4 is 25.6 Å². The van der Waals surface area contributed by atoms with Crippen molar-refractivity contribution in [3.63, 3.8) is 0 Å². The van der Waals surface area contributed by atoms with Gasteiger partial charge in [0.05, 0.1) is 0 Å². The molecule has 1 heterocycles. The van der Waals surface area contributed by atoms with Crippen LogP contribution in [-0.2, 0) is 9.05 Å². The summed E-state index contributed by atoms with van der Waals surface area (Å²) in [5.74, 6) is -0.315. The van der Waals surface area contributed by atoms with E-state index in [-0.39, 0.29) is 28.6 Å². The lowest BCUT2D eigenvalue weighted by Gasteiger charge is -2.14. The highest BCUT2D eigenvalue weighted by molar-refractivity contribution is 8.13. The monoisotopic (exact) mass is 292 g/mol. The van der Waals surface area contributed by atoms with E-state index in [1.165, 1.54) is 12.3 Å². The SMILES string of the molecule is CC(C)NC(=O)c1cc(S(=O)(=O)Cl)cn1C(C)C. The van der Waals surface area contributed by atoms with E-state index in [0.29, 0.717) is 0 Å². The van der Waals surface area contributed by atoms with Crippen molar-refractivity contribution < 1.29 is 13.2 Å². The van der Waals surface area contributed by atoms with Crippen molar-refractivity contribution in [2.75, 3.05) is 0 Å². The minimum atomic E-state index is -3.83. The van der Waals surface area contributed by atoms with E-state index in [9.17, 15) is 13.2 Å². The molecule has 0 saturated carbocycles. The van der Waals surface area contributed by atoms with Crippen molar-refractivity contribution in [2.24, 2.45) is 0 Å². The van der Waals surface area contributed by atoms with Gasteiger partial charge in [0, 0.05) is 29.0 Å². The quantitative estimate of drug-likeness (QED) is 0.865. The standard InChI is InChI=1S/C11H17ClN2O3S/c1-7(2)13-11(15)10-5-9(18(12,16)17)6-14(10)8(3)4/h5-8H,1-4H3,(H,13,15). The number of aromatic nitrogens is 1. The largest absolute Gasteiger partial charge is 0.349 e. The molecular weight excluding hydrogens is 276 g/mol. The van der Waals surface area contributed by atoms with Crippen LogP contribution in [0.2, 0.25) is 0 Å². The van der Waals surface area contributed by atoms with Gasteiger partial charge in [0.1, 0.15) is 10.6 Å². The number of rotatable bonds is 4. The Morgan fingerprint density at radius 1 is 1.33 bits per heavy atom. The Balaban J connectivity index is 3.26. The second-order valence-electron chi connectivity index (χ2n) is 4.63. The molecule has 1 rings (SSSR count). The van der Waals surface area contributed by atoms with Crippen molar-refractivity contribution in [1.82, 2.24) is 9.88 Å². The van der Waals surface area contributed by atoms with E-state index in [1.807, 2.05) is 27.7 Å². The lowest BCUT2D eigenvalue weighted by molar-refractivity contribution is 0.0932. The zero-order valence-corrected chi connectivity index (χ0v) is 12.3. The first-order valence-corrected chi connectivity index (χ1v) is 7.91. The number of halogens is 1. The number of carbonyl (C=O) groups is 1. The Kier molecular flexibility index (Phi) is 4.45. The molecule has 1 amide bonds. The van der Waals surface area contributed by atoms with Gasteiger partial charge in [-0.15, -0.1) is 0 Å². The predicted octanol–water partition coefficient (Wildman–Crippen LogP) is 2.13. The Hall–Kier alpha value is -1.01. The molecule has 0 aromatic carbocycles. The molecule has 0 aliphatic rings. The van der Waals surface area contributed by atoms with Crippen LogP contribution in [0, 0.1) is 0 Å². The first-order chi connectivity index (χ1) is 8.12. The molecule has 0 atom stereocenters. The Morgan fingerprint density at radius 3 is 2.28 bits per heavy atom. The van der Waals surface area contributed by atoms with E-state index < -0.39 is 9.05 Å². The van der Waals surface area contributed by atoms with Gasteiger partial charge in [-0.2, -0.15) is 0 Å². The van der Waals surface area contributed by atoms with Gasteiger partial charge in [0.2, 0.25) is 0 Å². The molecule has 1 aromatic rings. The number of amides is 1. The number of carbonyl (C=O) groups excluding carboxylic acids is 1. The van der Waals surface area contributed by atoms with Gasteiger partial charge in [0.25, 0.3) is 15.0 Å². The zero-order valence-electron chi connectivity index (χ0n) is 10.8. The van der Waals surface area contributed by atoms with Gasteiger partial charge < -0.3 is 9.88 Å². The van der Waals surface area contributed by atoms with Gasteiger partial charge in [-0.05, 0) is 33.8 Å². The lowest BCUT2D eigenvalue weighted by Crippen LogP contribution is -2.31. The van der Waals surface area contributed by atoms with E-state index in [0.717, 1.165) is 0 Å². The van der Waals surface area contributed by atoms with Gasteiger partial charge in [-0.25, -0.2) is 8.42 Å². The first-order valence-electron chi connectivity index (χ1n) is 5.60. The van der Waals surface area contributed by atoms with Gasteiger partial charge in [-0.3, -0.25) is 4.79 Å². The van der Waals surface area contributed by atoms with E-state index in [2.05, 4.69) is 5.32 Å². The normalized spacial score (nSPS) is 12.2. The highest BCUT2D eigenvalue weighted by atomic mass is 35.7. The highest BCUT2D eigenvalue weighted by Gasteiger charge is 2.21. The summed E-state index contributed by atoms with van der Waals surface area (Å²) in [5.41, 5.74) is 0.290. The zero-order chi connectivity index (χ0) is 14.1. The van der Waals surface area contributed by atoms with Crippen LogP contribution in [0.4, 0.5) is 0 Å². The van der Waals surface area contributed by atoms with Crippen LogP contribution in [0.5, 0.6) is 0 Å². The van der Waals surface area contributed by atoms with E-state index >= 15 is 0 Å². The van der Waals surface area contributed by atoms with Crippen molar-refractivity contribution in [1.29, 1.82) is 0 Å². The summed E-state index contributed by atoms with van der Waals surface area (Å²) in [6.45, 7) is 7.38. The Bertz CT molecular complexity index is 547. The van der Waals surface area contributed by atoms with Gasteiger partial charge >= 0.3 is 0 Å². The van der Waals surface area contributed by atoms with Gasteiger partial charge in [-0.1, -0.05) is 0 Å². The summed E-state index contributed by atoms with van der Waals surface area (Å²) in [4.78, 5) is 11.9. The maximum Gasteiger partial charge on any atom is 0.268 e. The molecule has 7 heteroatoms. The summed E-state index contributed by atoms with van der Waals surface area (Å²) < 4.78 is 24.2. The molecule has 18 heavy (non-hydrogen) atoms. The number of nitrogens with zero attached hydrogens (tertiary/aromatic N) is 1. The van der Waals surface area contributed by atoms with Crippen LogP contribution >= 0.6 is 10.7 Å². The minimum Gasteiger partial charge on any atom is -0.349 e. The number of hydrogen-bond donors (Lipinski definition) is 1. The first kappa shape index (κ1) is 15.0. The fourth-order valence-corrected chi connectivity index (χ4v) is 2.28. The number of hydrogen-bond acceptors (Lipinski definition) is 3. The summed E-state index contributed by atoms with van der Waals surface area (Å²) >= 11 is 0. The van der Waals surface area contributed by atoms with Crippen molar-refractivity contribution in [2.45, 2.75) is 44.7 Å². The van der Waals surface area contributed by atoms with Crippen LogP contribution < -0.4 is 5.32 Å². The van der Waals surface area contributed by atoms with Crippen molar-refractivity contribution in [3.05, 3.63) is 18.0 Å². The molecular formula is C11H17ClN2O3S. The van der Waals surface area contributed by atoms with Crippen LogP contribution in [0.15, 0.2) is 17.2 Å². The summed E-state index contributed by atoms with van der Waals surface area (Å²) in [6, 6.07) is 1.23. The fraction of sp³-hybridized carbons (Fsp3) is 0.545. The van der Waals surface area contributed by atoms with Crippen molar-refractivity contribution in [3.8, 4) is 0 Å². The second-order valence-corrected chi connectivity index (χ2v) is 7.19. The molecule has 0 aliphatic heterocycles. The molecule has 102 valence electrons. The third kappa shape index (κ3) is 3.49. The van der Waals surface area contributed by atoms with Crippen LogP contribution in [0.1, 0.15) is 44.2 Å². The molecule has 0 bridgehead atoms. The lowest BCUT2D eigenvalue weighted by atomic mass is 10.3.